The van der Waals surface area contributed by atoms with Crippen LogP contribution in [0.1, 0.15) is 25.0 Å². The maximum atomic E-state index is 12.0. The molecule has 0 saturated carbocycles. The number of nitrogens with zero attached hydrogens (tertiary/aromatic N) is 1. The van der Waals surface area contributed by atoms with Crippen molar-refractivity contribution in [3.8, 4) is 0 Å². The van der Waals surface area contributed by atoms with Crippen LogP contribution in [0.15, 0.2) is 12.1 Å². The van der Waals surface area contributed by atoms with Gasteiger partial charge in [0.2, 0.25) is 5.91 Å². The fourth-order valence-electron chi connectivity index (χ4n) is 1.84. The molecule has 0 spiro atoms. The SMILES string of the molecule is CCNCC(C)C(=O)Nc1cc(C)c([N+](=O)[O-])cc1C. The van der Waals surface area contributed by atoms with Crippen LogP contribution in [-0.4, -0.2) is 23.9 Å². The van der Waals surface area contributed by atoms with Gasteiger partial charge in [-0.3, -0.25) is 14.9 Å². The Bertz CT molecular complexity index is 515. The molecule has 1 unspecified atom stereocenters. The minimum Gasteiger partial charge on any atom is -0.326 e. The summed E-state index contributed by atoms with van der Waals surface area (Å²) in [4.78, 5) is 22.4. The molecular formula is C14H21N3O3. The molecule has 0 fully saturated rings. The first kappa shape index (κ1) is 16.1. The molecule has 0 aliphatic carbocycles. The van der Waals surface area contributed by atoms with Gasteiger partial charge in [0.1, 0.15) is 0 Å². The van der Waals surface area contributed by atoms with Crippen molar-refractivity contribution in [2.75, 3.05) is 18.4 Å². The highest BCUT2D eigenvalue weighted by Gasteiger charge is 2.17. The van der Waals surface area contributed by atoms with Gasteiger partial charge in [-0.25, -0.2) is 0 Å². The number of hydrogen-bond donors (Lipinski definition) is 2. The molecule has 110 valence electrons. The van der Waals surface area contributed by atoms with Gasteiger partial charge in [0, 0.05) is 29.8 Å². The molecule has 0 radical (unpaired) electrons. The molecule has 1 atom stereocenters. The molecule has 0 aliphatic rings. The molecule has 1 amide bonds. The molecule has 20 heavy (non-hydrogen) atoms. The van der Waals surface area contributed by atoms with Crippen molar-refractivity contribution in [2.24, 2.45) is 5.92 Å². The normalized spacial score (nSPS) is 12.0. The standard InChI is InChI=1S/C14H21N3O3/c1-5-15-8-11(4)14(18)16-12-6-10(3)13(17(19)20)7-9(12)2/h6-7,11,15H,5,8H2,1-4H3,(H,16,18). The Morgan fingerprint density at radius 1 is 1.35 bits per heavy atom. The van der Waals surface area contributed by atoms with Gasteiger partial charge in [0.05, 0.1) is 4.92 Å². The van der Waals surface area contributed by atoms with Gasteiger partial charge >= 0.3 is 0 Å². The van der Waals surface area contributed by atoms with Crippen LogP contribution in [-0.2, 0) is 4.79 Å². The second-order valence-electron chi connectivity index (χ2n) is 4.91. The maximum absolute atomic E-state index is 12.0. The molecule has 0 aromatic heterocycles. The third-order valence-corrected chi connectivity index (χ3v) is 3.15. The van der Waals surface area contributed by atoms with E-state index >= 15 is 0 Å². The lowest BCUT2D eigenvalue weighted by atomic mass is 10.1. The average molecular weight is 279 g/mol. The zero-order valence-corrected chi connectivity index (χ0v) is 12.3. The van der Waals surface area contributed by atoms with Gasteiger partial charge in [-0.1, -0.05) is 13.8 Å². The molecular weight excluding hydrogens is 258 g/mol. The summed E-state index contributed by atoms with van der Waals surface area (Å²) in [6.07, 6.45) is 0. The summed E-state index contributed by atoms with van der Waals surface area (Å²) < 4.78 is 0. The Hall–Kier alpha value is -1.95. The quantitative estimate of drug-likeness (QED) is 0.618. The van der Waals surface area contributed by atoms with Crippen LogP contribution in [0.2, 0.25) is 0 Å². The van der Waals surface area contributed by atoms with E-state index in [9.17, 15) is 14.9 Å². The molecule has 6 nitrogen and oxygen atoms in total. The van der Waals surface area contributed by atoms with Crippen LogP contribution in [0, 0.1) is 29.9 Å². The van der Waals surface area contributed by atoms with Crippen molar-refractivity contribution in [3.05, 3.63) is 33.4 Å². The zero-order chi connectivity index (χ0) is 15.3. The largest absolute Gasteiger partial charge is 0.326 e. The van der Waals surface area contributed by atoms with Crippen LogP contribution in [0.5, 0.6) is 0 Å². The number of nitro benzene ring substituents is 1. The number of anilines is 1. The number of amides is 1. The predicted molar refractivity (Wildman–Crippen MR) is 78.9 cm³/mol. The Kier molecular flexibility index (Phi) is 5.64. The maximum Gasteiger partial charge on any atom is 0.272 e. The van der Waals surface area contributed by atoms with E-state index in [-0.39, 0.29) is 17.5 Å². The minimum atomic E-state index is -0.415. The van der Waals surface area contributed by atoms with Crippen LogP contribution in [0.4, 0.5) is 11.4 Å². The summed E-state index contributed by atoms with van der Waals surface area (Å²) in [5, 5.41) is 16.8. The second-order valence-corrected chi connectivity index (χ2v) is 4.91. The lowest BCUT2D eigenvalue weighted by Crippen LogP contribution is -2.30. The van der Waals surface area contributed by atoms with E-state index in [1.165, 1.54) is 6.07 Å². The monoisotopic (exact) mass is 279 g/mol. The number of nitro groups is 1. The number of carbonyl (C=O) groups excluding carboxylic acids is 1. The first-order valence-electron chi connectivity index (χ1n) is 6.64. The number of nitrogens with one attached hydrogen (secondary N) is 2. The highest BCUT2D eigenvalue weighted by Crippen LogP contribution is 2.26. The van der Waals surface area contributed by atoms with Gasteiger partial charge in [-0.15, -0.1) is 0 Å². The smallest absolute Gasteiger partial charge is 0.272 e. The van der Waals surface area contributed by atoms with E-state index in [1.807, 2.05) is 13.8 Å². The predicted octanol–water partition coefficient (Wildman–Crippen LogP) is 2.40. The Morgan fingerprint density at radius 2 is 2.00 bits per heavy atom. The Labute approximate surface area is 118 Å². The lowest BCUT2D eigenvalue weighted by Gasteiger charge is -2.14. The molecule has 1 aromatic rings. The first-order valence-corrected chi connectivity index (χ1v) is 6.64. The van der Waals surface area contributed by atoms with E-state index in [2.05, 4.69) is 10.6 Å². The van der Waals surface area contributed by atoms with Gasteiger partial charge in [0.15, 0.2) is 0 Å². The fourth-order valence-corrected chi connectivity index (χ4v) is 1.84. The summed E-state index contributed by atoms with van der Waals surface area (Å²) in [6.45, 7) is 8.65. The third kappa shape index (κ3) is 4.03. The van der Waals surface area contributed by atoms with Gasteiger partial charge in [0.25, 0.3) is 5.69 Å². The first-order chi connectivity index (χ1) is 9.36. The van der Waals surface area contributed by atoms with Crippen LogP contribution >= 0.6 is 0 Å². The van der Waals surface area contributed by atoms with Crippen molar-refractivity contribution in [1.29, 1.82) is 0 Å². The molecule has 0 aliphatic heterocycles. The van der Waals surface area contributed by atoms with E-state index in [0.29, 0.717) is 23.4 Å². The van der Waals surface area contributed by atoms with E-state index in [0.717, 1.165) is 6.54 Å². The van der Waals surface area contributed by atoms with E-state index < -0.39 is 4.92 Å². The summed E-state index contributed by atoms with van der Waals surface area (Å²) in [6, 6.07) is 3.13. The van der Waals surface area contributed by atoms with Crippen molar-refractivity contribution in [1.82, 2.24) is 5.32 Å². The Balaban J connectivity index is 2.85. The van der Waals surface area contributed by atoms with Gasteiger partial charge < -0.3 is 10.6 Å². The van der Waals surface area contributed by atoms with E-state index in [1.54, 1.807) is 19.9 Å². The summed E-state index contributed by atoms with van der Waals surface area (Å²) >= 11 is 0. The number of hydrogen-bond acceptors (Lipinski definition) is 4. The topological polar surface area (TPSA) is 84.3 Å². The third-order valence-electron chi connectivity index (χ3n) is 3.15. The molecule has 0 saturated heterocycles. The van der Waals surface area contributed by atoms with Crippen LogP contribution in [0.3, 0.4) is 0 Å². The second kappa shape index (κ2) is 7.00. The van der Waals surface area contributed by atoms with Crippen molar-refractivity contribution in [3.63, 3.8) is 0 Å². The highest BCUT2D eigenvalue weighted by atomic mass is 16.6. The fraction of sp³-hybridized carbons (Fsp3) is 0.500. The van der Waals surface area contributed by atoms with Gasteiger partial charge in [-0.05, 0) is 32.0 Å². The highest BCUT2D eigenvalue weighted by molar-refractivity contribution is 5.93. The number of aryl methyl sites for hydroxylation is 2. The van der Waals surface area contributed by atoms with Crippen molar-refractivity contribution >= 4 is 17.3 Å². The molecule has 2 N–H and O–H groups in total. The molecule has 0 heterocycles. The minimum absolute atomic E-state index is 0.0706. The van der Waals surface area contributed by atoms with Crippen molar-refractivity contribution in [2.45, 2.75) is 27.7 Å². The van der Waals surface area contributed by atoms with Crippen LogP contribution < -0.4 is 10.6 Å². The number of rotatable bonds is 6. The van der Waals surface area contributed by atoms with Crippen LogP contribution in [0.25, 0.3) is 0 Å². The summed E-state index contributed by atoms with van der Waals surface area (Å²) in [5.41, 5.74) is 1.92. The number of benzene rings is 1. The summed E-state index contributed by atoms with van der Waals surface area (Å²) in [7, 11) is 0. The number of carbonyl (C=O) groups is 1. The average Bonchev–Trinajstić information content (AvgIpc) is 2.39. The Morgan fingerprint density at radius 3 is 2.55 bits per heavy atom. The van der Waals surface area contributed by atoms with E-state index in [4.69, 9.17) is 0 Å². The lowest BCUT2D eigenvalue weighted by molar-refractivity contribution is -0.385. The van der Waals surface area contributed by atoms with Gasteiger partial charge in [-0.2, -0.15) is 0 Å². The molecule has 6 heteroatoms. The molecule has 1 rings (SSSR count). The molecule has 1 aromatic carbocycles. The van der Waals surface area contributed by atoms with Crippen molar-refractivity contribution < 1.29 is 9.72 Å². The zero-order valence-electron chi connectivity index (χ0n) is 12.3. The molecule has 0 bridgehead atoms. The summed E-state index contributed by atoms with van der Waals surface area (Å²) in [5.74, 6) is -0.257.